The van der Waals surface area contributed by atoms with Gasteiger partial charge in [0.2, 0.25) is 0 Å². The third-order valence-electron chi connectivity index (χ3n) is 6.10. The fraction of sp³-hybridized carbons (Fsp3) is 0.571. The molecule has 0 aliphatic carbocycles. The molecule has 0 spiro atoms. The fourth-order valence-corrected chi connectivity index (χ4v) is 5.83. The average Bonchev–Trinajstić information content (AvgIpc) is 3.37. The minimum Gasteiger partial charge on any atom is -0.381 e. The van der Waals surface area contributed by atoms with E-state index in [9.17, 15) is 8.42 Å². The van der Waals surface area contributed by atoms with Gasteiger partial charge in [0.05, 0.1) is 6.33 Å². The van der Waals surface area contributed by atoms with E-state index in [-0.39, 0.29) is 17.0 Å². The predicted molar refractivity (Wildman–Crippen MR) is 111 cm³/mol. The predicted octanol–water partition coefficient (Wildman–Crippen LogP) is 1.98. The number of sulfonamides is 1. The monoisotopic (exact) mass is 418 g/mol. The van der Waals surface area contributed by atoms with E-state index in [0.29, 0.717) is 19.0 Å². The Kier molecular flexibility index (Phi) is 6.34. The average molecular weight is 419 g/mol. The van der Waals surface area contributed by atoms with Crippen molar-refractivity contribution in [2.24, 2.45) is 13.0 Å². The Balaban J connectivity index is 1.47. The van der Waals surface area contributed by atoms with Crippen LogP contribution in [0, 0.1) is 5.92 Å². The highest BCUT2D eigenvalue weighted by Crippen LogP contribution is 2.31. The Bertz CT molecular complexity index is 894. The smallest absolute Gasteiger partial charge is 0.262 e. The molecule has 2 atom stereocenters. The van der Waals surface area contributed by atoms with Crippen LogP contribution in [0.2, 0.25) is 0 Å². The lowest BCUT2D eigenvalue weighted by Crippen LogP contribution is -2.38. The van der Waals surface area contributed by atoms with Crippen LogP contribution in [0.15, 0.2) is 47.9 Å². The topological polar surface area (TPSA) is 76.5 Å². The number of ether oxygens (including phenoxy) is 1. The summed E-state index contributed by atoms with van der Waals surface area (Å²) in [5.74, 6) is 0.825. The minimum absolute atomic E-state index is 0.0933. The molecule has 0 saturated carbocycles. The van der Waals surface area contributed by atoms with Crippen LogP contribution < -0.4 is 5.32 Å². The van der Waals surface area contributed by atoms with E-state index < -0.39 is 10.0 Å². The van der Waals surface area contributed by atoms with Crippen molar-refractivity contribution in [3.8, 4) is 0 Å². The van der Waals surface area contributed by atoms with E-state index in [1.54, 1.807) is 22.1 Å². The lowest BCUT2D eigenvalue weighted by atomic mass is 9.93. The van der Waals surface area contributed by atoms with E-state index in [2.05, 4.69) is 22.4 Å². The first-order valence-electron chi connectivity index (χ1n) is 10.4. The van der Waals surface area contributed by atoms with Crippen LogP contribution in [0.3, 0.4) is 0 Å². The molecular formula is C21H30N4O3S. The molecule has 0 amide bonds. The highest BCUT2D eigenvalue weighted by atomic mass is 32.2. The van der Waals surface area contributed by atoms with Crippen molar-refractivity contribution in [3.05, 3.63) is 48.4 Å². The standard InChI is InChI=1S/C21H30N4O3S/c1-24-15-21(23-16-24)29(26,27)25-13-19(18-5-3-2-4-6-18)20(14-25)22-10-7-17-8-11-28-12-9-17/h2-6,15-17,19-20,22H,7-14H2,1H3. The van der Waals surface area contributed by atoms with Gasteiger partial charge >= 0.3 is 0 Å². The van der Waals surface area contributed by atoms with Gasteiger partial charge in [0.15, 0.2) is 5.03 Å². The van der Waals surface area contributed by atoms with Gasteiger partial charge in [0.25, 0.3) is 10.0 Å². The van der Waals surface area contributed by atoms with Crippen LogP contribution >= 0.6 is 0 Å². The summed E-state index contributed by atoms with van der Waals surface area (Å²) in [6, 6.07) is 10.3. The molecule has 7 nitrogen and oxygen atoms in total. The van der Waals surface area contributed by atoms with Crippen molar-refractivity contribution in [1.29, 1.82) is 0 Å². The molecule has 1 aromatic heterocycles. The molecular weight excluding hydrogens is 388 g/mol. The second-order valence-electron chi connectivity index (χ2n) is 8.12. The number of hydrogen-bond acceptors (Lipinski definition) is 5. The van der Waals surface area contributed by atoms with Gasteiger partial charge in [-0.25, -0.2) is 13.4 Å². The van der Waals surface area contributed by atoms with Crippen molar-refractivity contribution in [2.75, 3.05) is 32.8 Å². The van der Waals surface area contributed by atoms with E-state index in [4.69, 9.17) is 4.74 Å². The van der Waals surface area contributed by atoms with Gasteiger partial charge < -0.3 is 14.6 Å². The summed E-state index contributed by atoms with van der Waals surface area (Å²) in [6.07, 6.45) is 6.44. The molecule has 2 fully saturated rings. The van der Waals surface area contributed by atoms with E-state index >= 15 is 0 Å². The van der Waals surface area contributed by atoms with E-state index in [0.717, 1.165) is 39.0 Å². The molecule has 4 rings (SSSR count). The molecule has 2 aromatic rings. The van der Waals surface area contributed by atoms with Gasteiger partial charge in [-0.3, -0.25) is 0 Å². The maximum Gasteiger partial charge on any atom is 0.262 e. The van der Waals surface area contributed by atoms with Crippen LogP contribution in [-0.4, -0.2) is 61.2 Å². The largest absolute Gasteiger partial charge is 0.381 e. The molecule has 158 valence electrons. The summed E-state index contributed by atoms with van der Waals surface area (Å²) in [5, 5.41) is 3.78. The SMILES string of the molecule is Cn1cnc(S(=O)(=O)N2CC(NCCC3CCOCC3)C(c3ccccc3)C2)c1. The summed E-state index contributed by atoms with van der Waals surface area (Å²) in [4.78, 5) is 4.08. The maximum atomic E-state index is 13.1. The first kappa shape index (κ1) is 20.5. The number of nitrogens with zero attached hydrogens (tertiary/aromatic N) is 3. The molecule has 0 bridgehead atoms. The van der Waals surface area contributed by atoms with Crippen LogP contribution in [0.4, 0.5) is 0 Å². The molecule has 3 heterocycles. The number of aromatic nitrogens is 2. The molecule has 29 heavy (non-hydrogen) atoms. The lowest BCUT2D eigenvalue weighted by molar-refractivity contribution is 0.0637. The second kappa shape index (κ2) is 8.95. The Hall–Kier alpha value is -1.74. The van der Waals surface area contributed by atoms with Crippen LogP contribution in [0.5, 0.6) is 0 Å². The summed E-state index contributed by atoms with van der Waals surface area (Å²) in [6.45, 7) is 3.55. The van der Waals surface area contributed by atoms with Crippen molar-refractivity contribution < 1.29 is 13.2 Å². The number of aryl methyl sites for hydroxylation is 1. The molecule has 8 heteroatoms. The first-order chi connectivity index (χ1) is 14.0. The summed E-state index contributed by atoms with van der Waals surface area (Å²) in [7, 11) is -1.81. The highest BCUT2D eigenvalue weighted by Gasteiger charge is 2.40. The third kappa shape index (κ3) is 4.71. The van der Waals surface area contributed by atoms with Crippen LogP contribution in [0.25, 0.3) is 0 Å². The van der Waals surface area contributed by atoms with Crippen molar-refractivity contribution in [3.63, 3.8) is 0 Å². The van der Waals surface area contributed by atoms with E-state index in [1.807, 2.05) is 18.2 Å². The molecule has 0 radical (unpaired) electrons. The molecule has 1 aromatic carbocycles. The minimum atomic E-state index is -3.59. The molecule has 1 N–H and O–H groups in total. The summed E-state index contributed by atoms with van der Waals surface area (Å²) in [5.41, 5.74) is 1.18. The second-order valence-corrected chi connectivity index (χ2v) is 10.0. The number of rotatable bonds is 7. The molecule has 2 aliphatic rings. The Morgan fingerprint density at radius 2 is 1.93 bits per heavy atom. The Morgan fingerprint density at radius 1 is 1.17 bits per heavy atom. The molecule has 2 aliphatic heterocycles. The maximum absolute atomic E-state index is 13.1. The molecule has 2 unspecified atom stereocenters. The zero-order chi connectivity index (χ0) is 20.3. The number of hydrogen-bond donors (Lipinski definition) is 1. The van der Waals surface area contributed by atoms with E-state index in [1.165, 1.54) is 11.9 Å². The van der Waals surface area contributed by atoms with Crippen LogP contribution in [0.1, 0.15) is 30.7 Å². The van der Waals surface area contributed by atoms with Crippen LogP contribution in [-0.2, 0) is 21.8 Å². The Morgan fingerprint density at radius 3 is 2.62 bits per heavy atom. The number of nitrogens with one attached hydrogen (secondary N) is 1. The van der Waals surface area contributed by atoms with Gasteiger partial charge in [-0.05, 0) is 37.3 Å². The van der Waals surface area contributed by atoms with Gasteiger partial charge in [-0.1, -0.05) is 30.3 Å². The van der Waals surface area contributed by atoms with Gasteiger partial charge in [0.1, 0.15) is 0 Å². The molecule has 2 saturated heterocycles. The van der Waals surface area contributed by atoms with Gasteiger partial charge in [-0.15, -0.1) is 0 Å². The summed E-state index contributed by atoms with van der Waals surface area (Å²) >= 11 is 0. The third-order valence-corrected chi connectivity index (χ3v) is 7.82. The highest BCUT2D eigenvalue weighted by molar-refractivity contribution is 7.89. The van der Waals surface area contributed by atoms with Crippen molar-refractivity contribution in [1.82, 2.24) is 19.2 Å². The van der Waals surface area contributed by atoms with Crippen molar-refractivity contribution >= 4 is 10.0 Å². The van der Waals surface area contributed by atoms with Gasteiger partial charge in [0, 0.05) is 51.5 Å². The lowest BCUT2D eigenvalue weighted by Gasteiger charge is -2.24. The first-order valence-corrected chi connectivity index (χ1v) is 11.8. The Labute approximate surface area is 173 Å². The van der Waals surface area contributed by atoms with Gasteiger partial charge in [-0.2, -0.15) is 4.31 Å². The van der Waals surface area contributed by atoms with Crippen molar-refractivity contribution in [2.45, 2.75) is 36.2 Å². The summed E-state index contributed by atoms with van der Waals surface area (Å²) < 4.78 is 34.9. The zero-order valence-electron chi connectivity index (χ0n) is 16.9. The normalized spacial score (nSPS) is 24.2. The quantitative estimate of drug-likeness (QED) is 0.744. The zero-order valence-corrected chi connectivity index (χ0v) is 17.7. The number of benzene rings is 1. The fourth-order valence-electron chi connectivity index (χ4n) is 4.37. The number of imidazole rings is 1.